The molecule has 1 saturated heterocycles. The van der Waals surface area contributed by atoms with E-state index in [1.54, 1.807) is 26.0 Å². The number of aliphatic hydroxyl groups is 1. The topological polar surface area (TPSA) is 23.5 Å². The number of benzene rings is 3. The van der Waals surface area contributed by atoms with Gasteiger partial charge in [0.2, 0.25) is 0 Å². The third kappa shape index (κ3) is 4.86. The summed E-state index contributed by atoms with van der Waals surface area (Å²) in [5.41, 5.74) is 4.09. The largest absolute Gasteiger partial charge is 0.386 e. The van der Waals surface area contributed by atoms with Gasteiger partial charge in [-0.3, -0.25) is 4.90 Å². The molecular formula is C26H24Cl2FNO. The van der Waals surface area contributed by atoms with Crippen LogP contribution in [0.15, 0.2) is 78.4 Å². The molecule has 0 atom stereocenters. The average Bonchev–Trinajstić information content (AvgIpc) is 2.69. The van der Waals surface area contributed by atoms with Gasteiger partial charge < -0.3 is 5.11 Å². The molecule has 31 heavy (non-hydrogen) atoms. The minimum atomic E-state index is -1.03. The molecule has 0 aromatic heterocycles. The smallest absolute Gasteiger partial charge is 0.123 e. The Morgan fingerprint density at radius 2 is 1.29 bits per heavy atom. The molecule has 160 valence electrons. The van der Waals surface area contributed by atoms with E-state index in [0.29, 0.717) is 23.1 Å². The summed E-state index contributed by atoms with van der Waals surface area (Å²) < 4.78 is 13.4. The average molecular weight is 456 g/mol. The van der Waals surface area contributed by atoms with Crippen LogP contribution in [0.3, 0.4) is 0 Å². The number of rotatable bonds is 5. The van der Waals surface area contributed by atoms with E-state index in [-0.39, 0.29) is 11.9 Å². The van der Waals surface area contributed by atoms with Crippen molar-refractivity contribution in [3.63, 3.8) is 0 Å². The highest BCUT2D eigenvalue weighted by molar-refractivity contribution is 6.30. The Morgan fingerprint density at radius 1 is 0.839 bits per heavy atom. The van der Waals surface area contributed by atoms with Crippen molar-refractivity contribution in [1.29, 1.82) is 0 Å². The first-order valence-corrected chi connectivity index (χ1v) is 10.9. The Kier molecular flexibility index (Phi) is 6.23. The minimum Gasteiger partial charge on any atom is -0.386 e. The zero-order valence-electron chi connectivity index (χ0n) is 17.4. The van der Waals surface area contributed by atoms with Crippen molar-refractivity contribution >= 4 is 28.8 Å². The number of nitrogens with zero attached hydrogens (tertiary/aromatic N) is 1. The lowest BCUT2D eigenvalue weighted by atomic mass is 9.83. The molecule has 0 saturated carbocycles. The molecule has 1 fully saturated rings. The summed E-state index contributed by atoms with van der Waals surface area (Å²) in [7, 11) is 0. The van der Waals surface area contributed by atoms with Gasteiger partial charge >= 0.3 is 0 Å². The first kappa shape index (κ1) is 22.0. The molecule has 0 amide bonds. The van der Waals surface area contributed by atoms with Gasteiger partial charge in [-0.1, -0.05) is 59.6 Å². The van der Waals surface area contributed by atoms with Crippen LogP contribution < -0.4 is 0 Å². The van der Waals surface area contributed by atoms with Gasteiger partial charge in [-0.2, -0.15) is 0 Å². The van der Waals surface area contributed by atoms with Crippen molar-refractivity contribution in [2.75, 3.05) is 13.1 Å². The molecule has 1 aliphatic heterocycles. The summed E-state index contributed by atoms with van der Waals surface area (Å²) in [6.07, 6.45) is 0. The quantitative estimate of drug-likeness (QED) is 0.459. The second kappa shape index (κ2) is 8.76. The van der Waals surface area contributed by atoms with E-state index in [0.717, 1.165) is 27.8 Å². The van der Waals surface area contributed by atoms with Crippen LogP contribution >= 0.6 is 23.2 Å². The molecule has 0 spiro atoms. The highest BCUT2D eigenvalue weighted by atomic mass is 35.5. The maximum absolute atomic E-state index is 13.4. The van der Waals surface area contributed by atoms with Crippen LogP contribution in [0.25, 0.3) is 5.57 Å². The summed E-state index contributed by atoms with van der Waals surface area (Å²) in [4.78, 5) is 2.34. The maximum Gasteiger partial charge on any atom is 0.123 e. The van der Waals surface area contributed by atoms with Crippen molar-refractivity contribution < 1.29 is 9.50 Å². The monoisotopic (exact) mass is 455 g/mol. The Balaban J connectivity index is 1.69. The van der Waals surface area contributed by atoms with Crippen LogP contribution in [0.1, 0.15) is 36.6 Å². The molecule has 1 N–H and O–H groups in total. The molecule has 1 aliphatic rings. The first-order chi connectivity index (χ1) is 14.7. The Hall–Kier alpha value is -2.17. The van der Waals surface area contributed by atoms with Crippen LogP contribution in [0, 0.1) is 5.82 Å². The molecule has 5 heteroatoms. The lowest BCUT2D eigenvalue weighted by molar-refractivity contribution is 0.136. The van der Waals surface area contributed by atoms with Crippen LogP contribution in [0.5, 0.6) is 0 Å². The van der Waals surface area contributed by atoms with Gasteiger partial charge in [0.05, 0.1) is 11.6 Å². The molecule has 0 unspecified atom stereocenters. The zero-order valence-corrected chi connectivity index (χ0v) is 19.0. The summed E-state index contributed by atoms with van der Waals surface area (Å²) in [6.45, 7) is 4.95. The summed E-state index contributed by atoms with van der Waals surface area (Å²) in [6, 6.07) is 22.1. The predicted octanol–water partition coefficient (Wildman–Crippen LogP) is 6.76. The lowest BCUT2D eigenvalue weighted by Crippen LogP contribution is -2.45. The highest BCUT2D eigenvalue weighted by Gasteiger charge is 2.35. The molecule has 0 radical (unpaired) electrons. The maximum atomic E-state index is 13.4. The van der Waals surface area contributed by atoms with Gasteiger partial charge in [-0.05, 0) is 78.1 Å². The standard InChI is InChI=1S/C26H24Cl2FNO/c1-26(2,31)24(17-7-13-23(29)14-8-17)20-15-30(16-20)25(18-3-9-21(27)10-4-18)19-5-11-22(28)12-6-19/h3-14,25,31H,15-16H2,1-2H3. The van der Waals surface area contributed by atoms with Crippen molar-refractivity contribution in [2.45, 2.75) is 25.5 Å². The molecule has 4 rings (SSSR count). The molecule has 0 bridgehead atoms. The van der Waals surface area contributed by atoms with E-state index in [1.807, 2.05) is 48.5 Å². The number of halogens is 3. The lowest BCUT2D eigenvalue weighted by Gasteiger charge is -2.44. The van der Waals surface area contributed by atoms with Crippen molar-refractivity contribution in [3.8, 4) is 0 Å². The van der Waals surface area contributed by atoms with E-state index >= 15 is 0 Å². The number of hydrogen-bond donors (Lipinski definition) is 1. The fourth-order valence-electron chi connectivity index (χ4n) is 4.30. The van der Waals surface area contributed by atoms with Gasteiger partial charge in [0.1, 0.15) is 5.82 Å². The summed E-state index contributed by atoms with van der Waals surface area (Å²) in [5, 5.41) is 12.3. The zero-order chi connectivity index (χ0) is 22.2. The highest BCUT2D eigenvalue weighted by Crippen LogP contribution is 2.40. The second-order valence-corrected chi connectivity index (χ2v) is 9.33. The summed E-state index contributed by atoms with van der Waals surface area (Å²) >= 11 is 12.2. The van der Waals surface area contributed by atoms with Gasteiger partial charge in [-0.25, -0.2) is 4.39 Å². The molecule has 2 nitrogen and oxygen atoms in total. The molecule has 0 aliphatic carbocycles. The Bertz CT molecular complexity index is 1030. The normalized spacial score (nSPS) is 14.6. The second-order valence-electron chi connectivity index (χ2n) is 8.46. The van der Waals surface area contributed by atoms with Gasteiger partial charge in [0.15, 0.2) is 0 Å². The Morgan fingerprint density at radius 3 is 1.71 bits per heavy atom. The van der Waals surface area contributed by atoms with E-state index < -0.39 is 5.60 Å². The van der Waals surface area contributed by atoms with E-state index in [4.69, 9.17) is 23.2 Å². The first-order valence-electron chi connectivity index (χ1n) is 10.2. The van der Waals surface area contributed by atoms with Crippen LogP contribution in [-0.4, -0.2) is 28.7 Å². The minimum absolute atomic E-state index is 0.0366. The van der Waals surface area contributed by atoms with Crippen LogP contribution in [0.4, 0.5) is 4.39 Å². The van der Waals surface area contributed by atoms with Crippen LogP contribution in [-0.2, 0) is 0 Å². The summed E-state index contributed by atoms with van der Waals surface area (Å²) in [5.74, 6) is -0.287. The number of hydrogen-bond acceptors (Lipinski definition) is 2. The number of likely N-dealkylation sites (tertiary alicyclic amines) is 1. The molecule has 3 aromatic rings. The van der Waals surface area contributed by atoms with Crippen molar-refractivity contribution in [2.24, 2.45) is 0 Å². The predicted molar refractivity (Wildman–Crippen MR) is 126 cm³/mol. The molecular weight excluding hydrogens is 432 g/mol. The van der Waals surface area contributed by atoms with E-state index in [2.05, 4.69) is 4.90 Å². The molecule has 1 heterocycles. The third-order valence-corrected chi connectivity index (χ3v) is 6.13. The van der Waals surface area contributed by atoms with E-state index in [1.165, 1.54) is 12.1 Å². The van der Waals surface area contributed by atoms with Gasteiger partial charge in [0.25, 0.3) is 0 Å². The van der Waals surface area contributed by atoms with Gasteiger partial charge in [-0.15, -0.1) is 0 Å². The van der Waals surface area contributed by atoms with E-state index in [9.17, 15) is 9.50 Å². The molecule has 3 aromatic carbocycles. The third-order valence-electron chi connectivity index (χ3n) is 5.62. The SMILES string of the molecule is CC(C)(O)C(=C1CN(C(c2ccc(Cl)cc2)c2ccc(Cl)cc2)C1)c1ccc(F)cc1. The van der Waals surface area contributed by atoms with Crippen LogP contribution in [0.2, 0.25) is 10.0 Å². The van der Waals surface area contributed by atoms with Gasteiger partial charge in [0, 0.05) is 23.1 Å². The van der Waals surface area contributed by atoms with Crippen molar-refractivity contribution in [1.82, 2.24) is 4.90 Å². The fourth-order valence-corrected chi connectivity index (χ4v) is 4.55. The fraction of sp³-hybridized carbons (Fsp3) is 0.231. The Labute approximate surface area is 192 Å². The van der Waals surface area contributed by atoms with Crippen molar-refractivity contribution in [3.05, 3.63) is 111 Å².